The van der Waals surface area contributed by atoms with Gasteiger partial charge in [-0.3, -0.25) is 5.10 Å². The van der Waals surface area contributed by atoms with Crippen LogP contribution in [0, 0.1) is 11.8 Å². The van der Waals surface area contributed by atoms with Crippen LogP contribution < -0.4 is 0 Å². The van der Waals surface area contributed by atoms with Crippen molar-refractivity contribution in [2.75, 3.05) is 0 Å². The Morgan fingerprint density at radius 2 is 1.57 bits per heavy atom. The number of hydrogen-bond donors (Lipinski definition) is 1. The van der Waals surface area contributed by atoms with E-state index in [0.29, 0.717) is 0 Å². The molecule has 3 nitrogen and oxygen atoms in total. The zero-order chi connectivity index (χ0) is 11.4. The summed E-state index contributed by atoms with van der Waals surface area (Å²) in [4.78, 5) is 3.56. The first kappa shape index (κ1) is 15.6. The predicted octanol–water partition coefficient (Wildman–Crippen LogP) is 3.52. The van der Waals surface area contributed by atoms with E-state index in [4.69, 9.17) is 0 Å². The van der Waals surface area contributed by atoms with E-state index in [1.807, 2.05) is 0 Å². The molecule has 84 valence electrons. The summed E-state index contributed by atoms with van der Waals surface area (Å²) in [6, 6.07) is 0. The maximum absolute atomic E-state index is 3.56. The van der Waals surface area contributed by atoms with Crippen molar-refractivity contribution in [2.24, 2.45) is 11.8 Å². The maximum Gasteiger partial charge on any atom is 0.137 e. The lowest BCUT2D eigenvalue weighted by Gasteiger charge is -1.90. The predicted molar refractivity (Wildman–Crippen MR) is 62.0 cm³/mol. The van der Waals surface area contributed by atoms with Crippen molar-refractivity contribution >= 4 is 0 Å². The number of nitrogens with zero attached hydrogens (tertiary/aromatic N) is 2. The van der Waals surface area contributed by atoms with Gasteiger partial charge in [0.15, 0.2) is 0 Å². The standard InChI is InChI=1S/C5H12.C4H10.C2H3N3/c1-4-5(2)3;1-4(2)3;1-3-2-5-4-1/h5H,4H2,1-3H3;4H,1-3H3;1-2H,(H,3,4,5). The van der Waals surface area contributed by atoms with E-state index in [-0.39, 0.29) is 0 Å². The Labute approximate surface area is 88.3 Å². The van der Waals surface area contributed by atoms with Crippen LogP contribution >= 0.6 is 0 Å². The summed E-state index contributed by atoms with van der Waals surface area (Å²) in [7, 11) is 0. The number of rotatable bonds is 1. The van der Waals surface area contributed by atoms with Crippen molar-refractivity contribution in [2.45, 2.75) is 48.0 Å². The third-order valence-corrected chi connectivity index (χ3v) is 1.15. The SMILES string of the molecule is CC(C)C.CCC(C)C.c1nc[nH]n1. The van der Waals surface area contributed by atoms with E-state index in [2.05, 4.69) is 56.7 Å². The van der Waals surface area contributed by atoms with E-state index in [1.165, 1.54) is 19.1 Å². The molecule has 0 saturated heterocycles. The fourth-order valence-electron chi connectivity index (χ4n) is 0.167. The first-order valence-electron chi connectivity index (χ1n) is 5.29. The van der Waals surface area contributed by atoms with Crippen LogP contribution in [0.3, 0.4) is 0 Å². The number of aromatic nitrogens is 3. The van der Waals surface area contributed by atoms with Crippen LogP contribution in [0.2, 0.25) is 0 Å². The lowest BCUT2D eigenvalue weighted by molar-refractivity contribution is 0.626. The third kappa shape index (κ3) is 30.4. The van der Waals surface area contributed by atoms with Crippen molar-refractivity contribution in [3.05, 3.63) is 12.7 Å². The van der Waals surface area contributed by atoms with Gasteiger partial charge in [-0.1, -0.05) is 48.0 Å². The first-order valence-corrected chi connectivity index (χ1v) is 5.29. The normalized spacial score (nSPS) is 8.86. The molecule has 0 fully saturated rings. The van der Waals surface area contributed by atoms with Crippen LogP contribution in [0.4, 0.5) is 0 Å². The molecule has 0 aliphatic heterocycles. The van der Waals surface area contributed by atoms with Gasteiger partial charge in [0.05, 0.1) is 0 Å². The van der Waals surface area contributed by atoms with Crippen LogP contribution in [0.15, 0.2) is 12.7 Å². The molecule has 1 heterocycles. The van der Waals surface area contributed by atoms with Crippen molar-refractivity contribution in [3.63, 3.8) is 0 Å². The molecule has 0 saturated carbocycles. The number of H-pyrrole nitrogens is 1. The van der Waals surface area contributed by atoms with Gasteiger partial charge in [-0.05, 0) is 11.8 Å². The summed E-state index contributed by atoms with van der Waals surface area (Å²) in [6.07, 6.45) is 4.26. The molecule has 0 aliphatic rings. The molecule has 0 bridgehead atoms. The molecule has 0 atom stereocenters. The van der Waals surface area contributed by atoms with Crippen molar-refractivity contribution in [1.29, 1.82) is 0 Å². The Morgan fingerprint density at radius 1 is 1.14 bits per heavy atom. The zero-order valence-electron chi connectivity index (χ0n) is 10.4. The number of hydrogen-bond acceptors (Lipinski definition) is 2. The van der Waals surface area contributed by atoms with Gasteiger partial charge in [-0.15, -0.1) is 0 Å². The lowest BCUT2D eigenvalue weighted by atomic mass is 10.2. The monoisotopic (exact) mass is 199 g/mol. The van der Waals surface area contributed by atoms with Gasteiger partial charge in [0, 0.05) is 0 Å². The van der Waals surface area contributed by atoms with Gasteiger partial charge in [-0.2, -0.15) is 5.10 Å². The highest BCUT2D eigenvalue weighted by Crippen LogP contribution is 1.93. The molecule has 0 aromatic carbocycles. The molecule has 0 amide bonds. The Morgan fingerprint density at radius 3 is 1.64 bits per heavy atom. The highest BCUT2D eigenvalue weighted by atomic mass is 15.2. The summed E-state index contributed by atoms with van der Waals surface area (Å²) >= 11 is 0. The molecule has 3 heteroatoms. The summed E-state index contributed by atoms with van der Waals surface area (Å²) in [5, 5.41) is 5.99. The average molecular weight is 199 g/mol. The Bertz CT molecular complexity index is 137. The molecule has 1 rings (SSSR count). The van der Waals surface area contributed by atoms with Crippen LogP contribution in [-0.4, -0.2) is 15.2 Å². The van der Waals surface area contributed by atoms with Gasteiger partial charge < -0.3 is 0 Å². The second kappa shape index (κ2) is 12.1. The van der Waals surface area contributed by atoms with E-state index >= 15 is 0 Å². The zero-order valence-corrected chi connectivity index (χ0v) is 10.4. The van der Waals surface area contributed by atoms with Crippen LogP contribution in [0.25, 0.3) is 0 Å². The molecule has 0 radical (unpaired) electrons. The van der Waals surface area contributed by atoms with Crippen molar-refractivity contribution in [3.8, 4) is 0 Å². The fourth-order valence-corrected chi connectivity index (χ4v) is 0.167. The fraction of sp³-hybridized carbons (Fsp3) is 0.818. The molecule has 14 heavy (non-hydrogen) atoms. The second-order valence-electron chi connectivity index (χ2n) is 4.19. The van der Waals surface area contributed by atoms with Gasteiger partial charge in [0.25, 0.3) is 0 Å². The van der Waals surface area contributed by atoms with Crippen molar-refractivity contribution < 1.29 is 0 Å². The first-order chi connectivity index (χ1) is 6.50. The molecule has 1 aromatic rings. The topological polar surface area (TPSA) is 41.6 Å². The summed E-state index contributed by atoms with van der Waals surface area (Å²) in [5.41, 5.74) is 0. The highest BCUT2D eigenvalue weighted by Gasteiger charge is 1.80. The minimum absolute atomic E-state index is 0.833. The van der Waals surface area contributed by atoms with Crippen LogP contribution in [-0.2, 0) is 0 Å². The van der Waals surface area contributed by atoms with E-state index in [0.717, 1.165) is 11.8 Å². The minimum Gasteiger partial charge on any atom is -0.266 e. The maximum atomic E-state index is 3.56. The lowest BCUT2D eigenvalue weighted by Crippen LogP contribution is -1.77. The Hall–Kier alpha value is -0.860. The van der Waals surface area contributed by atoms with Gasteiger partial charge >= 0.3 is 0 Å². The highest BCUT2D eigenvalue weighted by molar-refractivity contribution is 4.43. The molecular formula is C11H25N3. The average Bonchev–Trinajstić information content (AvgIpc) is 2.59. The third-order valence-electron chi connectivity index (χ3n) is 1.15. The Balaban J connectivity index is 0. The van der Waals surface area contributed by atoms with E-state index in [1.54, 1.807) is 0 Å². The summed E-state index contributed by atoms with van der Waals surface area (Å²) in [5.74, 6) is 1.72. The minimum atomic E-state index is 0.833. The van der Waals surface area contributed by atoms with E-state index < -0.39 is 0 Å². The molecule has 1 N–H and O–H groups in total. The number of nitrogens with one attached hydrogen (secondary N) is 1. The summed E-state index contributed by atoms with van der Waals surface area (Å²) in [6.45, 7) is 13.1. The van der Waals surface area contributed by atoms with Crippen LogP contribution in [0.5, 0.6) is 0 Å². The second-order valence-corrected chi connectivity index (χ2v) is 4.19. The van der Waals surface area contributed by atoms with Gasteiger partial charge in [0.2, 0.25) is 0 Å². The van der Waals surface area contributed by atoms with E-state index in [9.17, 15) is 0 Å². The molecular weight excluding hydrogens is 174 g/mol. The van der Waals surface area contributed by atoms with Gasteiger partial charge in [0.1, 0.15) is 12.7 Å². The summed E-state index contributed by atoms with van der Waals surface area (Å²) < 4.78 is 0. The Kier molecular flexibility index (Phi) is 13.5. The molecule has 0 aliphatic carbocycles. The molecule has 0 unspecified atom stereocenters. The number of aromatic amines is 1. The molecule has 0 spiro atoms. The largest absolute Gasteiger partial charge is 0.266 e. The van der Waals surface area contributed by atoms with Gasteiger partial charge in [-0.25, -0.2) is 4.98 Å². The quantitative estimate of drug-likeness (QED) is 0.752. The molecule has 1 aromatic heterocycles. The van der Waals surface area contributed by atoms with Crippen molar-refractivity contribution in [1.82, 2.24) is 15.2 Å². The smallest absolute Gasteiger partial charge is 0.137 e. The van der Waals surface area contributed by atoms with Crippen LogP contribution in [0.1, 0.15) is 48.0 Å².